The lowest BCUT2D eigenvalue weighted by Crippen LogP contribution is -1.90. The predicted octanol–water partition coefficient (Wildman–Crippen LogP) is 4.07. The first-order valence-corrected chi connectivity index (χ1v) is 6.37. The van der Waals surface area contributed by atoms with Gasteiger partial charge in [0.25, 0.3) is 5.35 Å². The lowest BCUT2D eigenvalue weighted by Gasteiger charge is -2.07. The van der Waals surface area contributed by atoms with Gasteiger partial charge in [0.05, 0.1) is 13.3 Å². The van der Waals surface area contributed by atoms with Crippen LogP contribution in [0.2, 0.25) is 5.35 Å². The van der Waals surface area contributed by atoms with E-state index in [9.17, 15) is 0 Å². The molecule has 0 aliphatic carbocycles. The van der Waals surface area contributed by atoms with Crippen LogP contribution in [0.1, 0.15) is 0 Å². The molecule has 5 heteroatoms. The zero-order valence-corrected chi connectivity index (χ0v) is 11.5. The van der Waals surface area contributed by atoms with Crippen molar-refractivity contribution in [3.63, 3.8) is 0 Å². The SMILES string of the molecule is COc1ncccc1-c1cccc(-c2cnc(Cl)o2)c1. The molecule has 3 rings (SSSR count). The van der Waals surface area contributed by atoms with Crippen LogP contribution < -0.4 is 4.74 Å². The average Bonchev–Trinajstić information content (AvgIpc) is 2.94. The zero-order chi connectivity index (χ0) is 13.9. The smallest absolute Gasteiger partial charge is 0.292 e. The van der Waals surface area contributed by atoms with Crippen LogP contribution in [0.4, 0.5) is 0 Å². The second-order valence-corrected chi connectivity index (χ2v) is 4.44. The van der Waals surface area contributed by atoms with Gasteiger partial charge in [-0.25, -0.2) is 9.97 Å². The maximum absolute atomic E-state index is 5.71. The number of pyridine rings is 1. The van der Waals surface area contributed by atoms with Crippen LogP contribution in [0, 0.1) is 0 Å². The Morgan fingerprint density at radius 1 is 1.10 bits per heavy atom. The molecule has 0 aliphatic rings. The largest absolute Gasteiger partial charge is 0.481 e. The van der Waals surface area contributed by atoms with Crippen molar-refractivity contribution in [2.75, 3.05) is 7.11 Å². The van der Waals surface area contributed by atoms with Crippen molar-refractivity contribution in [3.05, 3.63) is 54.1 Å². The third-order valence-electron chi connectivity index (χ3n) is 2.90. The van der Waals surface area contributed by atoms with Gasteiger partial charge < -0.3 is 9.15 Å². The molecule has 0 fully saturated rings. The van der Waals surface area contributed by atoms with Gasteiger partial charge in [0.15, 0.2) is 5.76 Å². The van der Waals surface area contributed by atoms with Gasteiger partial charge in [-0.05, 0) is 35.4 Å². The highest BCUT2D eigenvalue weighted by atomic mass is 35.5. The first-order valence-electron chi connectivity index (χ1n) is 5.99. The second-order valence-electron chi connectivity index (χ2n) is 4.12. The molecule has 0 bridgehead atoms. The second kappa shape index (κ2) is 5.35. The molecule has 100 valence electrons. The molecule has 0 saturated heterocycles. The van der Waals surface area contributed by atoms with Crippen LogP contribution in [-0.4, -0.2) is 17.1 Å². The molecular weight excluding hydrogens is 276 g/mol. The number of benzene rings is 1. The normalized spacial score (nSPS) is 10.5. The van der Waals surface area contributed by atoms with Crippen molar-refractivity contribution in [1.29, 1.82) is 0 Å². The Hall–Kier alpha value is -2.33. The van der Waals surface area contributed by atoms with E-state index in [1.54, 1.807) is 19.5 Å². The molecule has 20 heavy (non-hydrogen) atoms. The van der Waals surface area contributed by atoms with Crippen LogP contribution in [0.25, 0.3) is 22.5 Å². The summed E-state index contributed by atoms with van der Waals surface area (Å²) >= 11 is 5.71. The minimum absolute atomic E-state index is 0.129. The van der Waals surface area contributed by atoms with Crippen molar-refractivity contribution in [3.8, 4) is 28.3 Å². The van der Waals surface area contributed by atoms with Crippen molar-refractivity contribution in [1.82, 2.24) is 9.97 Å². The highest BCUT2D eigenvalue weighted by Crippen LogP contribution is 2.31. The lowest BCUT2D eigenvalue weighted by molar-refractivity contribution is 0.399. The highest BCUT2D eigenvalue weighted by molar-refractivity contribution is 6.27. The van der Waals surface area contributed by atoms with Crippen LogP contribution in [0.15, 0.2) is 53.2 Å². The number of rotatable bonds is 3. The maximum atomic E-state index is 5.71. The monoisotopic (exact) mass is 286 g/mol. The molecule has 3 aromatic rings. The van der Waals surface area contributed by atoms with Crippen LogP contribution in [-0.2, 0) is 0 Å². The average molecular weight is 287 g/mol. The van der Waals surface area contributed by atoms with Crippen LogP contribution in [0.3, 0.4) is 0 Å². The fraction of sp³-hybridized carbons (Fsp3) is 0.0667. The number of halogens is 1. The van der Waals surface area contributed by atoms with E-state index in [1.165, 1.54) is 0 Å². The van der Waals surface area contributed by atoms with E-state index >= 15 is 0 Å². The molecule has 0 amide bonds. The summed E-state index contributed by atoms with van der Waals surface area (Å²) in [7, 11) is 1.60. The standard InChI is InChI=1S/C15H11ClN2O2/c1-19-14-12(6-3-7-17-14)10-4-2-5-11(8-10)13-9-18-15(16)20-13/h2-9H,1H3. The molecule has 0 unspecified atom stereocenters. The molecule has 1 aromatic carbocycles. The third-order valence-corrected chi connectivity index (χ3v) is 3.07. The van der Waals surface area contributed by atoms with Gasteiger partial charge in [-0.2, -0.15) is 0 Å². The lowest BCUT2D eigenvalue weighted by atomic mass is 10.0. The molecule has 0 aliphatic heterocycles. The summed E-state index contributed by atoms with van der Waals surface area (Å²) in [6, 6.07) is 11.7. The van der Waals surface area contributed by atoms with E-state index < -0.39 is 0 Å². The van der Waals surface area contributed by atoms with Crippen LogP contribution in [0.5, 0.6) is 5.88 Å². The number of nitrogens with zero attached hydrogens (tertiary/aromatic N) is 2. The number of hydrogen-bond donors (Lipinski definition) is 0. The maximum Gasteiger partial charge on any atom is 0.292 e. The fourth-order valence-electron chi connectivity index (χ4n) is 2.00. The Kier molecular flexibility index (Phi) is 3.39. The number of methoxy groups -OCH3 is 1. The van der Waals surface area contributed by atoms with E-state index in [-0.39, 0.29) is 5.35 Å². The molecule has 2 aromatic heterocycles. The van der Waals surface area contributed by atoms with Crippen molar-refractivity contribution < 1.29 is 9.15 Å². The van der Waals surface area contributed by atoms with Gasteiger partial charge in [0.2, 0.25) is 5.88 Å². The summed E-state index contributed by atoms with van der Waals surface area (Å²) in [5, 5.41) is 0.129. The minimum atomic E-state index is 0.129. The Bertz CT molecular complexity index is 740. The summed E-state index contributed by atoms with van der Waals surface area (Å²) < 4.78 is 10.6. The predicted molar refractivity (Wildman–Crippen MR) is 76.7 cm³/mol. The third kappa shape index (κ3) is 2.38. The molecule has 2 heterocycles. The number of hydrogen-bond acceptors (Lipinski definition) is 4. The zero-order valence-electron chi connectivity index (χ0n) is 10.7. The summed E-state index contributed by atoms with van der Waals surface area (Å²) in [4.78, 5) is 8.09. The first-order chi connectivity index (χ1) is 9.78. The fourth-order valence-corrected chi connectivity index (χ4v) is 2.13. The number of oxazole rings is 1. The number of aromatic nitrogens is 2. The highest BCUT2D eigenvalue weighted by Gasteiger charge is 2.09. The first kappa shape index (κ1) is 12.7. The Morgan fingerprint density at radius 2 is 1.95 bits per heavy atom. The minimum Gasteiger partial charge on any atom is -0.481 e. The Morgan fingerprint density at radius 3 is 2.70 bits per heavy atom. The quantitative estimate of drug-likeness (QED) is 0.728. The molecule has 0 spiro atoms. The van der Waals surface area contributed by atoms with Gasteiger partial charge in [-0.3, -0.25) is 0 Å². The van der Waals surface area contributed by atoms with Gasteiger partial charge in [-0.1, -0.05) is 18.2 Å². The Labute approximate surface area is 121 Å². The molecule has 0 N–H and O–H groups in total. The summed E-state index contributed by atoms with van der Waals surface area (Å²) in [5.41, 5.74) is 2.80. The summed E-state index contributed by atoms with van der Waals surface area (Å²) in [6.07, 6.45) is 3.30. The molecule has 0 radical (unpaired) electrons. The van der Waals surface area contributed by atoms with Crippen LogP contribution >= 0.6 is 11.6 Å². The van der Waals surface area contributed by atoms with E-state index in [1.807, 2.05) is 36.4 Å². The van der Waals surface area contributed by atoms with E-state index in [2.05, 4.69) is 9.97 Å². The van der Waals surface area contributed by atoms with Gasteiger partial charge in [0, 0.05) is 17.3 Å². The summed E-state index contributed by atoms with van der Waals surface area (Å²) in [5.74, 6) is 1.21. The summed E-state index contributed by atoms with van der Waals surface area (Å²) in [6.45, 7) is 0. The number of ether oxygens (including phenoxy) is 1. The van der Waals surface area contributed by atoms with E-state index in [0.717, 1.165) is 16.7 Å². The van der Waals surface area contributed by atoms with Gasteiger partial charge in [0.1, 0.15) is 0 Å². The molecular formula is C15H11ClN2O2. The van der Waals surface area contributed by atoms with E-state index in [4.69, 9.17) is 20.8 Å². The Balaban J connectivity index is 2.07. The van der Waals surface area contributed by atoms with Crippen molar-refractivity contribution >= 4 is 11.6 Å². The van der Waals surface area contributed by atoms with Crippen molar-refractivity contribution in [2.24, 2.45) is 0 Å². The molecule has 0 saturated carbocycles. The van der Waals surface area contributed by atoms with E-state index in [0.29, 0.717) is 11.6 Å². The molecule has 4 nitrogen and oxygen atoms in total. The molecule has 0 atom stereocenters. The topological polar surface area (TPSA) is 48.2 Å². The van der Waals surface area contributed by atoms with Crippen molar-refractivity contribution in [2.45, 2.75) is 0 Å². The van der Waals surface area contributed by atoms with Gasteiger partial charge >= 0.3 is 0 Å². The van der Waals surface area contributed by atoms with Gasteiger partial charge in [-0.15, -0.1) is 0 Å².